The molecule has 1 aromatic rings. The van der Waals surface area contributed by atoms with E-state index in [1.54, 1.807) is 0 Å². The minimum atomic E-state index is 0.000301. The summed E-state index contributed by atoms with van der Waals surface area (Å²) in [6.07, 6.45) is 2.93. The molecule has 2 rings (SSSR count). The molecule has 0 amide bonds. The van der Waals surface area contributed by atoms with Crippen LogP contribution in [-0.2, 0) is 11.3 Å². The maximum atomic E-state index is 8.42. The molecule has 0 radical (unpaired) electrons. The Labute approximate surface area is 107 Å². The van der Waals surface area contributed by atoms with Crippen LogP contribution in [0, 0.1) is 5.92 Å². The molecule has 1 aliphatic rings. The van der Waals surface area contributed by atoms with E-state index in [4.69, 9.17) is 10.3 Å². The molecule has 0 saturated carbocycles. The maximum Gasteiger partial charge on any atom is 0.0721 e. The van der Waals surface area contributed by atoms with Crippen molar-refractivity contribution < 1.29 is 4.74 Å². The smallest absolute Gasteiger partial charge is 0.0721 e. The minimum Gasteiger partial charge on any atom is -0.372 e. The third-order valence-electron chi connectivity index (χ3n) is 3.21. The number of hydrogen-bond acceptors (Lipinski definition) is 2. The van der Waals surface area contributed by atoms with Crippen LogP contribution in [0.2, 0.25) is 0 Å². The largest absolute Gasteiger partial charge is 0.372 e. The summed E-state index contributed by atoms with van der Waals surface area (Å²) in [6.45, 7) is 3.38. The van der Waals surface area contributed by atoms with Crippen molar-refractivity contribution in [3.8, 4) is 0 Å². The molecule has 0 heterocycles. The van der Waals surface area contributed by atoms with Crippen molar-refractivity contribution in [1.29, 1.82) is 0 Å². The maximum absolute atomic E-state index is 8.42. The van der Waals surface area contributed by atoms with Crippen LogP contribution in [0.1, 0.15) is 18.9 Å². The summed E-state index contributed by atoms with van der Waals surface area (Å²) in [6, 6.07) is 10.1. The highest BCUT2D eigenvalue weighted by molar-refractivity contribution is 5.18. The Kier molecular flexibility index (Phi) is 4.40. The Morgan fingerprint density at radius 2 is 2.11 bits per heavy atom. The van der Waals surface area contributed by atoms with Crippen LogP contribution in [0.3, 0.4) is 0 Å². The zero-order valence-corrected chi connectivity index (χ0v) is 10.5. The number of nitrogens with zero attached hydrogens (tertiary/aromatic N) is 3. The van der Waals surface area contributed by atoms with Gasteiger partial charge in [0.15, 0.2) is 0 Å². The van der Waals surface area contributed by atoms with Crippen molar-refractivity contribution in [2.45, 2.75) is 26.0 Å². The van der Waals surface area contributed by atoms with Gasteiger partial charge in [-0.3, -0.25) is 0 Å². The van der Waals surface area contributed by atoms with Crippen LogP contribution in [0.25, 0.3) is 10.4 Å². The minimum absolute atomic E-state index is 0.000301. The molecule has 1 aromatic carbocycles. The van der Waals surface area contributed by atoms with E-state index in [-0.39, 0.29) is 6.04 Å². The first-order chi connectivity index (χ1) is 8.79. The third-order valence-corrected chi connectivity index (χ3v) is 3.21. The lowest BCUT2D eigenvalue weighted by atomic mass is 10.0. The monoisotopic (exact) mass is 243 g/mol. The van der Waals surface area contributed by atoms with Gasteiger partial charge in [0.2, 0.25) is 0 Å². The highest BCUT2D eigenvalue weighted by Crippen LogP contribution is 2.27. The van der Waals surface area contributed by atoms with Crippen LogP contribution in [0.4, 0.5) is 0 Å². The van der Waals surface area contributed by atoms with Gasteiger partial charge in [-0.2, -0.15) is 0 Å². The van der Waals surface area contributed by atoms with Gasteiger partial charge >= 0.3 is 0 Å². The average Bonchev–Trinajstić information content (AvgIpc) is 2.72. The molecule has 0 fully saturated rings. The van der Waals surface area contributed by atoms with Gasteiger partial charge in [-0.1, -0.05) is 48.4 Å². The average molecular weight is 243 g/mol. The van der Waals surface area contributed by atoms with E-state index < -0.39 is 0 Å². The second-order valence-corrected chi connectivity index (χ2v) is 4.63. The quantitative estimate of drug-likeness (QED) is 0.335. The molecule has 0 N–H and O–H groups in total. The fraction of sp³-hybridized carbons (Fsp3) is 0.429. The van der Waals surface area contributed by atoms with Gasteiger partial charge in [0.05, 0.1) is 19.3 Å². The van der Waals surface area contributed by atoms with Crippen LogP contribution >= 0.6 is 0 Å². The second kappa shape index (κ2) is 6.24. The van der Waals surface area contributed by atoms with Crippen molar-refractivity contribution in [2.24, 2.45) is 11.0 Å². The van der Waals surface area contributed by atoms with E-state index in [9.17, 15) is 0 Å². The number of ether oxygens (including phenoxy) is 1. The summed E-state index contributed by atoms with van der Waals surface area (Å²) in [5, 5.41) is 3.74. The first kappa shape index (κ1) is 12.7. The second-order valence-electron chi connectivity index (χ2n) is 4.63. The Morgan fingerprint density at radius 1 is 1.33 bits per heavy atom. The summed E-state index contributed by atoms with van der Waals surface area (Å²) in [5.74, 6) is 0.441. The van der Waals surface area contributed by atoms with Gasteiger partial charge in [0.25, 0.3) is 0 Å². The zero-order chi connectivity index (χ0) is 12.8. The highest BCUT2D eigenvalue weighted by atomic mass is 16.5. The molecule has 18 heavy (non-hydrogen) atoms. The lowest BCUT2D eigenvalue weighted by Crippen LogP contribution is -2.03. The van der Waals surface area contributed by atoms with Gasteiger partial charge < -0.3 is 4.74 Å². The summed E-state index contributed by atoms with van der Waals surface area (Å²) in [4.78, 5) is 2.85. The summed E-state index contributed by atoms with van der Waals surface area (Å²) < 4.78 is 5.70. The highest BCUT2D eigenvalue weighted by Gasteiger charge is 2.21. The predicted molar refractivity (Wildman–Crippen MR) is 70.9 cm³/mol. The normalized spacial score (nSPS) is 22.4. The number of rotatable bonds is 5. The van der Waals surface area contributed by atoms with Gasteiger partial charge in [0.1, 0.15) is 0 Å². The van der Waals surface area contributed by atoms with Crippen molar-refractivity contribution in [2.75, 3.05) is 6.61 Å². The van der Waals surface area contributed by atoms with E-state index in [0.717, 1.165) is 6.42 Å². The fourth-order valence-corrected chi connectivity index (χ4v) is 2.19. The molecule has 0 aliphatic heterocycles. The first-order valence-electron chi connectivity index (χ1n) is 6.16. The van der Waals surface area contributed by atoms with Crippen LogP contribution in [-0.4, -0.2) is 12.6 Å². The molecule has 4 nitrogen and oxygen atoms in total. The van der Waals surface area contributed by atoms with E-state index in [1.807, 2.05) is 24.3 Å². The van der Waals surface area contributed by atoms with Gasteiger partial charge in [0, 0.05) is 4.91 Å². The van der Waals surface area contributed by atoms with Crippen molar-refractivity contribution >= 4 is 0 Å². The molecule has 2 atom stereocenters. The van der Waals surface area contributed by atoms with Crippen LogP contribution in [0.15, 0.2) is 47.1 Å². The number of hydrogen-bond donors (Lipinski definition) is 0. The Bertz CT molecular complexity index is 463. The van der Waals surface area contributed by atoms with Crippen LogP contribution < -0.4 is 0 Å². The van der Waals surface area contributed by atoms with Gasteiger partial charge in [-0.25, -0.2) is 0 Å². The van der Waals surface area contributed by atoms with Crippen molar-refractivity contribution in [1.82, 2.24) is 0 Å². The first-order valence-corrected chi connectivity index (χ1v) is 6.16. The van der Waals surface area contributed by atoms with E-state index in [0.29, 0.717) is 19.1 Å². The fourth-order valence-electron chi connectivity index (χ4n) is 2.19. The Balaban J connectivity index is 1.83. The lowest BCUT2D eigenvalue weighted by molar-refractivity contribution is 0.138. The van der Waals surface area contributed by atoms with Crippen molar-refractivity contribution in [3.05, 3.63) is 58.0 Å². The Hall–Kier alpha value is -1.77. The van der Waals surface area contributed by atoms with Crippen molar-refractivity contribution in [3.63, 3.8) is 0 Å². The molecule has 0 aromatic heterocycles. The molecular weight excluding hydrogens is 226 g/mol. The molecule has 0 spiro atoms. The van der Waals surface area contributed by atoms with Gasteiger partial charge in [-0.05, 0) is 29.0 Å². The lowest BCUT2D eigenvalue weighted by Gasteiger charge is -2.10. The zero-order valence-electron chi connectivity index (χ0n) is 10.5. The molecule has 94 valence electrons. The topological polar surface area (TPSA) is 58.0 Å². The molecule has 0 bridgehead atoms. The summed E-state index contributed by atoms with van der Waals surface area (Å²) in [7, 11) is 0. The summed E-state index contributed by atoms with van der Waals surface area (Å²) in [5.41, 5.74) is 10.8. The molecule has 0 unspecified atom stereocenters. The number of benzene rings is 1. The third kappa shape index (κ3) is 3.36. The number of azide groups is 1. The molecule has 1 aliphatic carbocycles. The standard InChI is InChI=1S/C14H17N3O/c1-11-7-14(16-17-15)8-13(11)10-18-9-12-5-3-2-4-6-12/h2-6,8,11,14H,7,9-10H2,1H3/t11-,14-/m0/s1. The predicted octanol–water partition coefficient (Wildman–Crippen LogP) is 3.85. The van der Waals surface area contributed by atoms with Crippen LogP contribution in [0.5, 0.6) is 0 Å². The van der Waals surface area contributed by atoms with Gasteiger partial charge in [-0.15, -0.1) is 0 Å². The molecular formula is C14H17N3O. The Morgan fingerprint density at radius 3 is 2.83 bits per heavy atom. The van der Waals surface area contributed by atoms with E-state index >= 15 is 0 Å². The summed E-state index contributed by atoms with van der Waals surface area (Å²) >= 11 is 0. The molecule has 0 saturated heterocycles. The van der Waals surface area contributed by atoms with E-state index in [1.165, 1.54) is 11.1 Å². The molecule has 4 heteroatoms. The van der Waals surface area contributed by atoms with E-state index in [2.05, 4.69) is 29.1 Å². The SMILES string of the molecule is C[C@H]1C[C@H](N=[N+]=[N-])C=C1COCc1ccccc1.